The van der Waals surface area contributed by atoms with Crippen LogP contribution in [0, 0.1) is 0 Å². The van der Waals surface area contributed by atoms with E-state index in [1.807, 2.05) is 7.05 Å². The lowest BCUT2D eigenvalue weighted by atomic mass is 9.79. The van der Waals surface area contributed by atoms with Crippen LogP contribution in [0.2, 0.25) is 5.02 Å². The van der Waals surface area contributed by atoms with Gasteiger partial charge in [0.05, 0.1) is 0 Å². The van der Waals surface area contributed by atoms with Gasteiger partial charge in [-0.25, -0.2) is 0 Å². The number of anilines is 1. The van der Waals surface area contributed by atoms with Gasteiger partial charge in [-0.2, -0.15) is 0 Å². The third kappa shape index (κ3) is 3.37. The smallest absolute Gasteiger partial charge is 0.0471 e. The van der Waals surface area contributed by atoms with Crippen LogP contribution in [0.5, 0.6) is 0 Å². The zero-order valence-corrected chi connectivity index (χ0v) is 14.8. The van der Waals surface area contributed by atoms with Crippen LogP contribution in [-0.2, 0) is 6.54 Å². The second-order valence-electron chi connectivity index (χ2n) is 6.96. The number of rotatable bonds is 5. The normalized spacial score (nSPS) is 20.5. The molecule has 21 heavy (non-hydrogen) atoms. The molecule has 0 amide bonds. The van der Waals surface area contributed by atoms with Crippen LogP contribution in [0.1, 0.15) is 64.0 Å². The fraction of sp³-hybridized carbons (Fsp3) is 0.667. The van der Waals surface area contributed by atoms with Gasteiger partial charge in [-0.3, -0.25) is 0 Å². The average Bonchev–Trinajstić information content (AvgIpc) is 2.40. The standard InChI is InChI=1S/C18H29ClN2/c1-6-7-8-21-17-10-16(19)14(12-20-5)9-15(17)13(2)11-18(21,3)4/h9-10,13,20H,6-8,11-12H2,1-5H3. The van der Waals surface area contributed by atoms with E-state index in [1.165, 1.54) is 36.1 Å². The van der Waals surface area contributed by atoms with Crippen LogP contribution in [-0.4, -0.2) is 19.1 Å². The monoisotopic (exact) mass is 308 g/mol. The Hall–Kier alpha value is -0.730. The summed E-state index contributed by atoms with van der Waals surface area (Å²) in [4.78, 5) is 2.57. The van der Waals surface area contributed by atoms with Crippen LogP contribution in [0.15, 0.2) is 12.1 Å². The Kier molecular flexibility index (Phi) is 5.21. The molecule has 1 aliphatic heterocycles. The summed E-state index contributed by atoms with van der Waals surface area (Å²) < 4.78 is 0. The summed E-state index contributed by atoms with van der Waals surface area (Å²) in [6, 6.07) is 4.50. The van der Waals surface area contributed by atoms with Gasteiger partial charge in [0, 0.05) is 29.3 Å². The summed E-state index contributed by atoms with van der Waals surface area (Å²) in [6.07, 6.45) is 3.65. The molecule has 1 aromatic rings. The Bertz CT molecular complexity index is 496. The number of nitrogens with one attached hydrogen (secondary N) is 1. The topological polar surface area (TPSA) is 15.3 Å². The van der Waals surface area contributed by atoms with Gasteiger partial charge >= 0.3 is 0 Å². The highest BCUT2D eigenvalue weighted by molar-refractivity contribution is 6.31. The Morgan fingerprint density at radius 2 is 2.10 bits per heavy atom. The summed E-state index contributed by atoms with van der Waals surface area (Å²) in [6.45, 7) is 11.3. The van der Waals surface area contributed by atoms with Gasteiger partial charge in [0.15, 0.2) is 0 Å². The number of fused-ring (bicyclic) bond motifs is 1. The fourth-order valence-corrected chi connectivity index (χ4v) is 3.84. The van der Waals surface area contributed by atoms with Crippen molar-refractivity contribution >= 4 is 17.3 Å². The Morgan fingerprint density at radius 1 is 1.38 bits per heavy atom. The highest BCUT2D eigenvalue weighted by atomic mass is 35.5. The molecule has 1 aromatic carbocycles. The molecule has 0 aliphatic carbocycles. The molecule has 2 rings (SSSR count). The number of hydrogen-bond acceptors (Lipinski definition) is 2. The Labute approximate surface area is 134 Å². The van der Waals surface area contributed by atoms with Crippen molar-refractivity contribution in [3.05, 3.63) is 28.3 Å². The molecule has 0 saturated carbocycles. The molecular formula is C18H29ClN2. The minimum atomic E-state index is 0.204. The third-order valence-corrected chi connectivity index (χ3v) is 5.01. The fourth-order valence-electron chi connectivity index (χ4n) is 3.62. The molecule has 0 aromatic heterocycles. The van der Waals surface area contributed by atoms with Crippen LogP contribution in [0.3, 0.4) is 0 Å². The quantitative estimate of drug-likeness (QED) is 0.827. The molecule has 0 fully saturated rings. The molecule has 1 N–H and O–H groups in total. The van der Waals surface area contributed by atoms with Crippen molar-refractivity contribution in [3.63, 3.8) is 0 Å². The van der Waals surface area contributed by atoms with Crippen molar-refractivity contribution in [1.82, 2.24) is 5.32 Å². The highest BCUT2D eigenvalue weighted by Gasteiger charge is 2.36. The SMILES string of the molecule is CCCCN1c2cc(Cl)c(CNC)cc2C(C)CC1(C)C. The van der Waals surface area contributed by atoms with E-state index in [2.05, 4.69) is 50.0 Å². The van der Waals surface area contributed by atoms with Gasteiger partial charge in [-0.05, 0) is 56.8 Å². The Morgan fingerprint density at radius 3 is 2.71 bits per heavy atom. The zero-order valence-electron chi connectivity index (χ0n) is 14.1. The number of unbranched alkanes of at least 4 members (excludes halogenated alkanes) is 1. The first-order chi connectivity index (χ1) is 9.90. The van der Waals surface area contributed by atoms with Gasteiger partial charge in [0.1, 0.15) is 0 Å². The lowest BCUT2D eigenvalue weighted by molar-refractivity contribution is 0.373. The first kappa shape index (κ1) is 16.6. The molecule has 2 nitrogen and oxygen atoms in total. The minimum absolute atomic E-state index is 0.204. The summed E-state index contributed by atoms with van der Waals surface area (Å²) in [5.41, 5.74) is 4.21. The Balaban J connectivity index is 2.46. The number of halogens is 1. The van der Waals surface area contributed by atoms with Gasteiger partial charge in [-0.1, -0.05) is 37.9 Å². The van der Waals surface area contributed by atoms with Crippen molar-refractivity contribution in [2.75, 3.05) is 18.5 Å². The molecule has 1 heterocycles. The van der Waals surface area contributed by atoms with Crippen LogP contribution < -0.4 is 10.2 Å². The molecule has 1 unspecified atom stereocenters. The average molecular weight is 309 g/mol. The predicted molar refractivity (Wildman–Crippen MR) is 93.6 cm³/mol. The lowest BCUT2D eigenvalue weighted by Crippen LogP contribution is -2.48. The second kappa shape index (κ2) is 6.58. The van der Waals surface area contributed by atoms with Crippen molar-refractivity contribution in [1.29, 1.82) is 0 Å². The van der Waals surface area contributed by atoms with E-state index in [0.717, 1.165) is 18.1 Å². The largest absolute Gasteiger partial charge is 0.366 e. The molecule has 0 spiro atoms. The molecule has 0 saturated heterocycles. The number of benzene rings is 1. The maximum absolute atomic E-state index is 6.51. The van der Waals surface area contributed by atoms with Crippen molar-refractivity contribution in [2.45, 2.75) is 65.0 Å². The third-order valence-electron chi connectivity index (χ3n) is 4.66. The molecule has 0 radical (unpaired) electrons. The van der Waals surface area contributed by atoms with Gasteiger partial charge in [0.2, 0.25) is 0 Å². The minimum Gasteiger partial charge on any atom is -0.366 e. The number of nitrogens with zero attached hydrogens (tertiary/aromatic N) is 1. The molecule has 118 valence electrons. The summed E-state index contributed by atoms with van der Waals surface area (Å²) in [7, 11) is 1.97. The molecular weight excluding hydrogens is 280 g/mol. The molecule has 0 bridgehead atoms. The highest BCUT2D eigenvalue weighted by Crippen LogP contribution is 2.45. The van der Waals surface area contributed by atoms with E-state index in [-0.39, 0.29) is 5.54 Å². The van der Waals surface area contributed by atoms with E-state index in [0.29, 0.717) is 5.92 Å². The van der Waals surface area contributed by atoms with E-state index >= 15 is 0 Å². The second-order valence-corrected chi connectivity index (χ2v) is 7.36. The van der Waals surface area contributed by atoms with E-state index in [4.69, 9.17) is 11.6 Å². The summed E-state index contributed by atoms with van der Waals surface area (Å²) >= 11 is 6.51. The van der Waals surface area contributed by atoms with Crippen molar-refractivity contribution < 1.29 is 0 Å². The summed E-state index contributed by atoms with van der Waals surface area (Å²) in [5, 5.41) is 4.09. The van der Waals surface area contributed by atoms with Crippen molar-refractivity contribution in [2.24, 2.45) is 0 Å². The maximum atomic E-state index is 6.51. The first-order valence-corrected chi connectivity index (χ1v) is 8.53. The lowest BCUT2D eigenvalue weighted by Gasteiger charge is -2.48. The van der Waals surface area contributed by atoms with Crippen LogP contribution >= 0.6 is 11.6 Å². The van der Waals surface area contributed by atoms with Crippen LogP contribution in [0.4, 0.5) is 5.69 Å². The van der Waals surface area contributed by atoms with Gasteiger partial charge in [-0.15, -0.1) is 0 Å². The first-order valence-electron chi connectivity index (χ1n) is 8.15. The van der Waals surface area contributed by atoms with Crippen LogP contribution in [0.25, 0.3) is 0 Å². The van der Waals surface area contributed by atoms with Gasteiger partial charge < -0.3 is 10.2 Å². The molecule has 3 heteroatoms. The predicted octanol–water partition coefficient (Wildman–Crippen LogP) is 4.95. The number of hydrogen-bond donors (Lipinski definition) is 1. The van der Waals surface area contributed by atoms with E-state index in [1.54, 1.807) is 0 Å². The van der Waals surface area contributed by atoms with E-state index in [9.17, 15) is 0 Å². The zero-order chi connectivity index (χ0) is 15.6. The molecule has 1 atom stereocenters. The van der Waals surface area contributed by atoms with Crippen molar-refractivity contribution in [3.8, 4) is 0 Å². The molecule has 1 aliphatic rings. The van der Waals surface area contributed by atoms with E-state index < -0.39 is 0 Å². The summed E-state index contributed by atoms with van der Waals surface area (Å²) in [5.74, 6) is 0.584. The maximum Gasteiger partial charge on any atom is 0.0471 e. The van der Waals surface area contributed by atoms with Gasteiger partial charge in [0.25, 0.3) is 0 Å².